The first-order chi connectivity index (χ1) is 10.3. The fraction of sp³-hybridized carbons (Fsp3) is 0.750. The molecule has 0 atom stereocenters. The van der Waals surface area contributed by atoms with E-state index in [0.717, 1.165) is 37.7 Å². The SMILES string of the molecule is CN=C(NCCCCn1ccnc1C)NC1CCCCC1. The van der Waals surface area contributed by atoms with Crippen LogP contribution >= 0.6 is 0 Å². The van der Waals surface area contributed by atoms with Gasteiger partial charge in [0.2, 0.25) is 0 Å². The van der Waals surface area contributed by atoms with Crippen LogP contribution in [0.2, 0.25) is 0 Å². The maximum absolute atomic E-state index is 4.32. The van der Waals surface area contributed by atoms with Gasteiger partial charge in [0.25, 0.3) is 0 Å². The maximum atomic E-state index is 4.32. The van der Waals surface area contributed by atoms with Gasteiger partial charge in [-0.15, -0.1) is 0 Å². The van der Waals surface area contributed by atoms with Crippen molar-refractivity contribution in [2.24, 2.45) is 4.99 Å². The molecule has 0 amide bonds. The highest BCUT2D eigenvalue weighted by Crippen LogP contribution is 2.17. The minimum Gasteiger partial charge on any atom is -0.356 e. The smallest absolute Gasteiger partial charge is 0.191 e. The zero-order chi connectivity index (χ0) is 14.9. The van der Waals surface area contributed by atoms with E-state index in [9.17, 15) is 0 Å². The van der Waals surface area contributed by atoms with Crippen molar-refractivity contribution in [3.8, 4) is 0 Å². The lowest BCUT2D eigenvalue weighted by molar-refractivity contribution is 0.410. The average molecular weight is 291 g/mol. The second-order valence-corrected chi connectivity index (χ2v) is 5.85. The van der Waals surface area contributed by atoms with E-state index in [4.69, 9.17) is 0 Å². The van der Waals surface area contributed by atoms with E-state index in [1.165, 1.54) is 32.1 Å². The third kappa shape index (κ3) is 5.40. The highest BCUT2D eigenvalue weighted by Gasteiger charge is 2.13. The van der Waals surface area contributed by atoms with Gasteiger partial charge in [-0.3, -0.25) is 4.99 Å². The molecule has 2 rings (SSSR count). The Kier molecular flexibility index (Phi) is 6.57. The molecule has 1 saturated carbocycles. The molecular weight excluding hydrogens is 262 g/mol. The van der Waals surface area contributed by atoms with E-state index < -0.39 is 0 Å². The zero-order valence-corrected chi connectivity index (χ0v) is 13.4. The van der Waals surface area contributed by atoms with Gasteiger partial charge in [-0.2, -0.15) is 0 Å². The molecule has 0 radical (unpaired) electrons. The van der Waals surface area contributed by atoms with Gasteiger partial charge < -0.3 is 15.2 Å². The van der Waals surface area contributed by atoms with Gasteiger partial charge in [0.15, 0.2) is 5.96 Å². The molecule has 0 bridgehead atoms. The largest absolute Gasteiger partial charge is 0.356 e. The minimum absolute atomic E-state index is 0.610. The van der Waals surface area contributed by atoms with E-state index >= 15 is 0 Å². The molecule has 1 heterocycles. The molecule has 0 aliphatic heterocycles. The molecule has 0 spiro atoms. The Labute approximate surface area is 128 Å². The van der Waals surface area contributed by atoms with Crippen molar-refractivity contribution < 1.29 is 0 Å². The quantitative estimate of drug-likeness (QED) is 0.481. The molecule has 1 aliphatic rings. The van der Waals surface area contributed by atoms with Crippen LogP contribution in [0.3, 0.4) is 0 Å². The number of rotatable bonds is 6. The molecule has 2 N–H and O–H groups in total. The number of hydrogen-bond donors (Lipinski definition) is 2. The number of aliphatic imine (C=N–C) groups is 1. The molecule has 0 unspecified atom stereocenters. The fourth-order valence-electron chi connectivity index (χ4n) is 2.89. The number of hydrogen-bond acceptors (Lipinski definition) is 2. The molecule has 5 nitrogen and oxygen atoms in total. The number of nitrogens with zero attached hydrogens (tertiary/aromatic N) is 3. The first-order valence-corrected chi connectivity index (χ1v) is 8.24. The Morgan fingerprint density at radius 1 is 1.33 bits per heavy atom. The lowest BCUT2D eigenvalue weighted by atomic mass is 9.96. The zero-order valence-electron chi connectivity index (χ0n) is 13.4. The lowest BCUT2D eigenvalue weighted by Crippen LogP contribution is -2.44. The summed E-state index contributed by atoms with van der Waals surface area (Å²) < 4.78 is 2.20. The normalized spacial score (nSPS) is 17.0. The van der Waals surface area contributed by atoms with Crippen LogP contribution < -0.4 is 10.6 Å². The second-order valence-electron chi connectivity index (χ2n) is 5.85. The summed E-state index contributed by atoms with van der Waals surface area (Å²) in [5, 5.41) is 6.97. The third-order valence-electron chi connectivity index (χ3n) is 4.21. The van der Waals surface area contributed by atoms with Crippen LogP contribution in [0.5, 0.6) is 0 Å². The van der Waals surface area contributed by atoms with Crippen molar-refractivity contribution in [3.63, 3.8) is 0 Å². The topological polar surface area (TPSA) is 54.2 Å². The summed E-state index contributed by atoms with van der Waals surface area (Å²) in [6.07, 6.45) is 12.8. The molecule has 1 aliphatic carbocycles. The first-order valence-electron chi connectivity index (χ1n) is 8.24. The molecule has 1 aromatic rings. The Hall–Kier alpha value is -1.52. The van der Waals surface area contributed by atoms with Crippen molar-refractivity contribution in [2.75, 3.05) is 13.6 Å². The Bertz CT molecular complexity index is 432. The Balaban J connectivity index is 1.59. The molecule has 0 aromatic carbocycles. The average Bonchev–Trinajstić information content (AvgIpc) is 2.92. The van der Waals surface area contributed by atoms with Crippen LogP contribution in [0.4, 0.5) is 0 Å². The maximum Gasteiger partial charge on any atom is 0.191 e. The molecule has 0 saturated heterocycles. The predicted molar refractivity (Wildman–Crippen MR) is 87.6 cm³/mol. The van der Waals surface area contributed by atoms with E-state index in [-0.39, 0.29) is 0 Å². The van der Waals surface area contributed by atoms with Crippen molar-refractivity contribution >= 4 is 5.96 Å². The van der Waals surface area contributed by atoms with Crippen LogP contribution in [0.15, 0.2) is 17.4 Å². The number of nitrogens with one attached hydrogen (secondary N) is 2. The summed E-state index contributed by atoms with van der Waals surface area (Å²) in [6, 6.07) is 0.610. The third-order valence-corrected chi connectivity index (χ3v) is 4.21. The molecule has 21 heavy (non-hydrogen) atoms. The summed E-state index contributed by atoms with van der Waals surface area (Å²) in [6.45, 7) is 4.07. The standard InChI is InChI=1S/C16H29N5/c1-14-18-11-13-21(14)12-7-6-10-19-16(17-2)20-15-8-4-3-5-9-15/h11,13,15H,3-10,12H2,1-2H3,(H2,17,19,20). The van der Waals surface area contributed by atoms with Crippen LogP contribution in [-0.4, -0.2) is 35.1 Å². The van der Waals surface area contributed by atoms with Gasteiger partial charge in [0, 0.05) is 38.6 Å². The number of guanidine groups is 1. The van der Waals surface area contributed by atoms with Crippen LogP contribution in [0, 0.1) is 6.92 Å². The number of unbranched alkanes of at least 4 members (excludes halogenated alkanes) is 1. The van der Waals surface area contributed by atoms with Crippen LogP contribution in [-0.2, 0) is 6.54 Å². The minimum atomic E-state index is 0.610. The number of aryl methyl sites for hydroxylation is 2. The Morgan fingerprint density at radius 2 is 2.14 bits per heavy atom. The van der Waals surface area contributed by atoms with Gasteiger partial charge in [-0.25, -0.2) is 4.98 Å². The van der Waals surface area contributed by atoms with E-state index in [1.807, 2.05) is 26.4 Å². The van der Waals surface area contributed by atoms with E-state index in [2.05, 4.69) is 25.2 Å². The second kappa shape index (κ2) is 8.70. The molecule has 1 aromatic heterocycles. The molecule has 1 fully saturated rings. The van der Waals surface area contributed by atoms with Crippen molar-refractivity contribution in [1.29, 1.82) is 0 Å². The molecule has 118 valence electrons. The Morgan fingerprint density at radius 3 is 2.81 bits per heavy atom. The predicted octanol–water partition coefficient (Wildman–Crippen LogP) is 2.47. The summed E-state index contributed by atoms with van der Waals surface area (Å²) in [5.41, 5.74) is 0. The van der Waals surface area contributed by atoms with E-state index in [0.29, 0.717) is 6.04 Å². The van der Waals surface area contributed by atoms with Crippen LogP contribution in [0.25, 0.3) is 0 Å². The van der Waals surface area contributed by atoms with Gasteiger partial charge in [-0.05, 0) is 32.6 Å². The first kappa shape index (κ1) is 15.9. The van der Waals surface area contributed by atoms with Gasteiger partial charge in [0.1, 0.15) is 5.82 Å². The highest BCUT2D eigenvalue weighted by atomic mass is 15.2. The fourth-order valence-corrected chi connectivity index (χ4v) is 2.89. The summed E-state index contributed by atoms with van der Waals surface area (Å²) >= 11 is 0. The summed E-state index contributed by atoms with van der Waals surface area (Å²) in [5.74, 6) is 2.05. The highest BCUT2D eigenvalue weighted by molar-refractivity contribution is 5.79. The van der Waals surface area contributed by atoms with Crippen molar-refractivity contribution in [1.82, 2.24) is 20.2 Å². The van der Waals surface area contributed by atoms with Gasteiger partial charge in [0.05, 0.1) is 0 Å². The van der Waals surface area contributed by atoms with E-state index in [1.54, 1.807) is 0 Å². The number of aromatic nitrogens is 2. The van der Waals surface area contributed by atoms with Gasteiger partial charge in [-0.1, -0.05) is 19.3 Å². The van der Waals surface area contributed by atoms with Gasteiger partial charge >= 0.3 is 0 Å². The number of imidazole rings is 1. The van der Waals surface area contributed by atoms with Crippen molar-refractivity contribution in [2.45, 2.75) is 64.5 Å². The van der Waals surface area contributed by atoms with Crippen molar-refractivity contribution in [3.05, 3.63) is 18.2 Å². The lowest BCUT2D eigenvalue weighted by Gasteiger charge is -2.24. The summed E-state index contributed by atoms with van der Waals surface area (Å²) in [4.78, 5) is 8.56. The molecule has 5 heteroatoms. The summed E-state index contributed by atoms with van der Waals surface area (Å²) in [7, 11) is 1.85. The van der Waals surface area contributed by atoms with Crippen LogP contribution in [0.1, 0.15) is 50.8 Å². The molecular formula is C16H29N5. The monoisotopic (exact) mass is 291 g/mol.